The van der Waals surface area contributed by atoms with Crippen LogP contribution in [0.3, 0.4) is 0 Å². The number of hydrogen-bond donors (Lipinski definition) is 1. The van der Waals surface area contributed by atoms with E-state index in [0.29, 0.717) is 12.1 Å². The second-order valence-electron chi connectivity index (χ2n) is 4.48. The Hall–Kier alpha value is -2.17. The van der Waals surface area contributed by atoms with E-state index in [2.05, 4.69) is 10.4 Å². The molecular formula is C13H12FN3O. The monoisotopic (exact) mass is 245 g/mol. The lowest BCUT2D eigenvalue weighted by molar-refractivity contribution is -0.116. The van der Waals surface area contributed by atoms with Crippen molar-refractivity contribution in [2.45, 2.75) is 12.3 Å². The van der Waals surface area contributed by atoms with Gasteiger partial charge in [0.25, 0.3) is 0 Å². The minimum Gasteiger partial charge on any atom is -0.326 e. The van der Waals surface area contributed by atoms with Crippen LogP contribution >= 0.6 is 0 Å². The van der Waals surface area contributed by atoms with Gasteiger partial charge in [-0.2, -0.15) is 5.10 Å². The summed E-state index contributed by atoms with van der Waals surface area (Å²) >= 11 is 0. The number of aromatic nitrogens is 2. The van der Waals surface area contributed by atoms with Gasteiger partial charge in [0, 0.05) is 31.3 Å². The lowest BCUT2D eigenvalue weighted by atomic mass is 9.86. The van der Waals surface area contributed by atoms with Gasteiger partial charge in [-0.1, -0.05) is 6.07 Å². The molecule has 5 heteroatoms. The van der Waals surface area contributed by atoms with Crippen LogP contribution in [0.25, 0.3) is 0 Å². The molecule has 0 bridgehead atoms. The van der Waals surface area contributed by atoms with Crippen molar-refractivity contribution < 1.29 is 9.18 Å². The highest BCUT2D eigenvalue weighted by molar-refractivity contribution is 5.95. The molecule has 3 rings (SSSR count). The fourth-order valence-corrected chi connectivity index (χ4v) is 2.35. The molecule has 0 aliphatic carbocycles. The van der Waals surface area contributed by atoms with Gasteiger partial charge >= 0.3 is 0 Å². The molecule has 92 valence electrons. The summed E-state index contributed by atoms with van der Waals surface area (Å²) in [6, 6.07) is 4.50. The minimum atomic E-state index is -0.346. The van der Waals surface area contributed by atoms with Crippen molar-refractivity contribution >= 4 is 11.6 Å². The Morgan fingerprint density at radius 1 is 1.50 bits per heavy atom. The zero-order chi connectivity index (χ0) is 12.7. The van der Waals surface area contributed by atoms with E-state index in [1.807, 2.05) is 13.2 Å². The van der Waals surface area contributed by atoms with Crippen LogP contribution in [0.4, 0.5) is 10.1 Å². The Balaban J connectivity index is 2.10. The molecule has 0 saturated carbocycles. The lowest BCUT2D eigenvalue weighted by Crippen LogP contribution is -2.23. The topological polar surface area (TPSA) is 46.9 Å². The number of nitrogens with zero attached hydrogens (tertiary/aromatic N) is 2. The number of fused-ring (bicyclic) bond motifs is 1. The molecule has 1 aromatic heterocycles. The number of halogens is 1. The molecule has 2 aromatic rings. The van der Waals surface area contributed by atoms with Gasteiger partial charge in [0.1, 0.15) is 5.82 Å². The highest BCUT2D eigenvalue weighted by Crippen LogP contribution is 2.36. The van der Waals surface area contributed by atoms with Crippen LogP contribution in [-0.4, -0.2) is 15.7 Å². The van der Waals surface area contributed by atoms with Gasteiger partial charge in [0.05, 0.1) is 6.20 Å². The predicted octanol–water partition coefficient (Wildman–Crippen LogP) is 2.03. The van der Waals surface area contributed by atoms with E-state index in [4.69, 9.17) is 0 Å². The standard InChI is InChI=1S/C13H12FN3O/c1-17-7-8(6-15-17)11-5-13(18)16-12-4-9(14)2-3-10(11)12/h2-4,6-7,11H,5H2,1H3,(H,16,18). The van der Waals surface area contributed by atoms with Gasteiger partial charge in [-0.05, 0) is 23.3 Å². The smallest absolute Gasteiger partial charge is 0.225 e. The summed E-state index contributed by atoms with van der Waals surface area (Å²) in [6.45, 7) is 0. The number of aryl methyl sites for hydroxylation is 1. The summed E-state index contributed by atoms with van der Waals surface area (Å²) in [5, 5.41) is 6.82. The first-order chi connectivity index (χ1) is 8.63. The number of anilines is 1. The number of benzene rings is 1. The lowest BCUT2D eigenvalue weighted by Gasteiger charge is -2.24. The molecule has 1 amide bonds. The van der Waals surface area contributed by atoms with Crippen molar-refractivity contribution in [2.24, 2.45) is 7.05 Å². The molecule has 1 unspecified atom stereocenters. The van der Waals surface area contributed by atoms with Gasteiger partial charge in [0.2, 0.25) is 5.91 Å². The van der Waals surface area contributed by atoms with E-state index >= 15 is 0 Å². The first-order valence-electron chi connectivity index (χ1n) is 5.71. The summed E-state index contributed by atoms with van der Waals surface area (Å²) < 4.78 is 14.9. The van der Waals surface area contributed by atoms with Crippen molar-refractivity contribution in [3.63, 3.8) is 0 Å². The van der Waals surface area contributed by atoms with Gasteiger partial charge < -0.3 is 5.32 Å². The number of hydrogen-bond acceptors (Lipinski definition) is 2. The fraction of sp³-hybridized carbons (Fsp3) is 0.231. The Kier molecular flexibility index (Phi) is 2.40. The van der Waals surface area contributed by atoms with Crippen molar-refractivity contribution in [1.29, 1.82) is 0 Å². The Morgan fingerprint density at radius 2 is 2.33 bits per heavy atom. The fourth-order valence-electron chi connectivity index (χ4n) is 2.35. The molecular weight excluding hydrogens is 233 g/mol. The van der Waals surface area contributed by atoms with Gasteiger partial charge in [-0.15, -0.1) is 0 Å². The van der Waals surface area contributed by atoms with E-state index < -0.39 is 0 Å². The van der Waals surface area contributed by atoms with E-state index in [1.165, 1.54) is 12.1 Å². The number of carbonyl (C=O) groups excluding carboxylic acids is 1. The molecule has 4 nitrogen and oxygen atoms in total. The van der Waals surface area contributed by atoms with Crippen molar-refractivity contribution in [3.8, 4) is 0 Å². The number of amides is 1. The first kappa shape index (κ1) is 11.0. The van der Waals surface area contributed by atoms with Crippen LogP contribution in [0, 0.1) is 5.82 Å². The molecule has 0 radical (unpaired) electrons. The largest absolute Gasteiger partial charge is 0.326 e. The molecule has 2 heterocycles. The zero-order valence-electron chi connectivity index (χ0n) is 9.85. The van der Waals surface area contributed by atoms with E-state index in [9.17, 15) is 9.18 Å². The molecule has 0 saturated heterocycles. The zero-order valence-corrected chi connectivity index (χ0v) is 9.85. The summed E-state index contributed by atoms with van der Waals surface area (Å²) in [4.78, 5) is 11.7. The Bertz CT molecular complexity index is 620. The molecule has 1 aliphatic heterocycles. The molecule has 18 heavy (non-hydrogen) atoms. The second-order valence-corrected chi connectivity index (χ2v) is 4.48. The quantitative estimate of drug-likeness (QED) is 0.835. The summed E-state index contributed by atoms with van der Waals surface area (Å²) in [5.74, 6) is -0.495. The van der Waals surface area contributed by atoms with E-state index in [1.54, 1.807) is 16.9 Å². The first-order valence-corrected chi connectivity index (χ1v) is 5.71. The highest BCUT2D eigenvalue weighted by Gasteiger charge is 2.27. The third-order valence-corrected chi connectivity index (χ3v) is 3.18. The van der Waals surface area contributed by atoms with E-state index in [0.717, 1.165) is 11.1 Å². The van der Waals surface area contributed by atoms with E-state index in [-0.39, 0.29) is 17.6 Å². The van der Waals surface area contributed by atoms with Crippen LogP contribution in [0.15, 0.2) is 30.6 Å². The number of rotatable bonds is 1. The van der Waals surface area contributed by atoms with Gasteiger partial charge in [-0.3, -0.25) is 9.48 Å². The Labute approximate surface area is 103 Å². The van der Waals surface area contributed by atoms with Crippen molar-refractivity contribution in [2.75, 3.05) is 5.32 Å². The number of nitrogens with one attached hydrogen (secondary N) is 1. The third kappa shape index (κ3) is 1.77. The van der Waals surface area contributed by atoms with Crippen LogP contribution < -0.4 is 5.32 Å². The molecule has 0 fully saturated rings. The average molecular weight is 245 g/mol. The molecule has 1 aliphatic rings. The molecule has 1 atom stereocenters. The highest BCUT2D eigenvalue weighted by atomic mass is 19.1. The minimum absolute atomic E-state index is 0.0527. The van der Waals surface area contributed by atoms with Crippen LogP contribution in [0.1, 0.15) is 23.5 Å². The van der Waals surface area contributed by atoms with Gasteiger partial charge in [0.15, 0.2) is 0 Å². The Morgan fingerprint density at radius 3 is 3.06 bits per heavy atom. The summed E-state index contributed by atoms with van der Waals surface area (Å²) in [7, 11) is 1.83. The van der Waals surface area contributed by atoms with Crippen LogP contribution in [0.2, 0.25) is 0 Å². The summed E-state index contributed by atoms with van der Waals surface area (Å²) in [5.41, 5.74) is 2.46. The SMILES string of the molecule is Cn1cc(C2CC(=O)Nc3cc(F)ccc32)cn1. The van der Waals surface area contributed by atoms with Gasteiger partial charge in [-0.25, -0.2) is 4.39 Å². The third-order valence-electron chi connectivity index (χ3n) is 3.18. The van der Waals surface area contributed by atoms with Crippen molar-refractivity contribution in [1.82, 2.24) is 9.78 Å². The van der Waals surface area contributed by atoms with Crippen LogP contribution in [0.5, 0.6) is 0 Å². The van der Waals surface area contributed by atoms with Crippen LogP contribution in [-0.2, 0) is 11.8 Å². The summed E-state index contributed by atoms with van der Waals surface area (Å²) in [6.07, 6.45) is 4.00. The predicted molar refractivity (Wildman–Crippen MR) is 64.7 cm³/mol. The number of carbonyl (C=O) groups is 1. The maximum Gasteiger partial charge on any atom is 0.225 e. The average Bonchev–Trinajstić information content (AvgIpc) is 2.74. The maximum absolute atomic E-state index is 13.2. The van der Waals surface area contributed by atoms with Crippen molar-refractivity contribution in [3.05, 3.63) is 47.5 Å². The normalized spacial score (nSPS) is 18.3. The molecule has 1 aromatic carbocycles. The second kappa shape index (κ2) is 3.94. The maximum atomic E-state index is 13.2. The molecule has 0 spiro atoms. The molecule has 1 N–H and O–H groups in total.